The van der Waals surface area contributed by atoms with Gasteiger partial charge < -0.3 is 4.18 Å². The Bertz CT molecular complexity index is 582. The van der Waals surface area contributed by atoms with E-state index in [0.717, 1.165) is 12.1 Å². The Labute approximate surface area is 110 Å². The molecule has 0 aliphatic carbocycles. The summed E-state index contributed by atoms with van der Waals surface area (Å²) in [4.78, 5) is 3.90. The second-order valence-electron chi connectivity index (χ2n) is 3.26. The van der Waals surface area contributed by atoms with E-state index >= 15 is 0 Å². The zero-order valence-electron chi connectivity index (χ0n) is 8.66. The van der Waals surface area contributed by atoms with Gasteiger partial charge in [0.2, 0.25) is 0 Å². The maximum absolute atomic E-state index is 13.1. The quantitative estimate of drug-likeness (QED) is 0.610. The van der Waals surface area contributed by atoms with Gasteiger partial charge in [-0.2, -0.15) is 0 Å². The zero-order chi connectivity index (χ0) is 13.1. The average Bonchev–Trinajstić information content (AvgIpc) is 2.35. The second-order valence-corrected chi connectivity index (χ2v) is 3.94. The Morgan fingerprint density at radius 3 is 2.56 bits per heavy atom. The van der Waals surface area contributed by atoms with Crippen LogP contribution in [-0.2, 0) is 0 Å². The highest BCUT2D eigenvalue weighted by atomic mass is 35.5. The maximum Gasteiger partial charge on any atom is 0.272 e. The molecular weight excluding hydrogens is 287 g/mol. The Balaban J connectivity index is 2.54. The van der Waals surface area contributed by atoms with Crippen LogP contribution in [0.4, 0.5) is 12.7 Å². The van der Waals surface area contributed by atoms with Crippen LogP contribution in [0.3, 0.4) is 0 Å². The van der Waals surface area contributed by atoms with Crippen molar-refractivity contribution in [1.29, 1.82) is 0 Å². The Hall–Kier alpha value is -1.40. The molecule has 0 aliphatic rings. The van der Waals surface area contributed by atoms with Crippen LogP contribution in [0.15, 0.2) is 30.3 Å². The van der Waals surface area contributed by atoms with E-state index in [1.54, 1.807) is 0 Å². The molecule has 18 heavy (non-hydrogen) atoms. The van der Waals surface area contributed by atoms with Crippen molar-refractivity contribution in [3.05, 3.63) is 47.1 Å². The van der Waals surface area contributed by atoms with Gasteiger partial charge in [-0.05, 0) is 30.3 Å². The molecule has 0 saturated carbocycles. The van der Waals surface area contributed by atoms with E-state index < -0.39 is 11.6 Å². The number of hydrogen-bond donors (Lipinski definition) is 0. The monoisotopic (exact) mass is 291 g/mol. The minimum atomic E-state index is -1.03. The van der Waals surface area contributed by atoms with Gasteiger partial charge >= 0.3 is 0 Å². The smallest absolute Gasteiger partial charge is 0.272 e. The van der Waals surface area contributed by atoms with E-state index in [0.29, 0.717) is 0 Å². The third kappa shape index (κ3) is 2.70. The first-order valence-corrected chi connectivity index (χ1v) is 5.71. The fourth-order valence-corrected chi connectivity index (χ4v) is 1.72. The summed E-state index contributed by atoms with van der Waals surface area (Å²) in [5.74, 6) is -1.95. The summed E-state index contributed by atoms with van der Waals surface area (Å²) >= 11 is 5.33. The summed E-state index contributed by atoms with van der Waals surface area (Å²) in [6.07, 6.45) is 0. The van der Waals surface area contributed by atoms with Crippen LogP contribution < -0.4 is 4.18 Å². The molecule has 1 aromatic carbocycles. The molecule has 0 radical (unpaired) electrons. The largest absolute Gasteiger partial charge is 0.395 e. The van der Waals surface area contributed by atoms with Gasteiger partial charge in [-0.1, -0.05) is 11.6 Å². The first kappa shape index (κ1) is 13.0. The van der Waals surface area contributed by atoms with E-state index in [1.165, 1.54) is 18.2 Å². The van der Waals surface area contributed by atoms with Crippen molar-refractivity contribution in [2.45, 2.75) is 0 Å². The molecule has 1 heterocycles. The molecule has 0 amide bonds. The van der Waals surface area contributed by atoms with Crippen LogP contribution in [0.25, 0.3) is 11.3 Å². The molecule has 0 bridgehead atoms. The Morgan fingerprint density at radius 2 is 1.89 bits per heavy atom. The van der Waals surface area contributed by atoms with E-state index in [1.807, 2.05) is 0 Å². The van der Waals surface area contributed by atoms with Crippen molar-refractivity contribution in [2.24, 2.45) is 0 Å². The van der Waals surface area contributed by atoms with E-state index in [-0.39, 0.29) is 34.6 Å². The van der Waals surface area contributed by atoms with Crippen molar-refractivity contribution in [1.82, 2.24) is 4.98 Å². The topological polar surface area (TPSA) is 22.1 Å². The Morgan fingerprint density at radius 1 is 1.11 bits per heavy atom. The van der Waals surface area contributed by atoms with Crippen molar-refractivity contribution in [3.8, 4) is 17.0 Å². The van der Waals surface area contributed by atoms with Gasteiger partial charge in [0.15, 0.2) is 17.4 Å². The van der Waals surface area contributed by atoms with Crippen LogP contribution in [0, 0.1) is 11.6 Å². The maximum atomic E-state index is 13.1. The van der Waals surface area contributed by atoms with Gasteiger partial charge in [0.25, 0.3) is 12.4 Å². The van der Waals surface area contributed by atoms with Gasteiger partial charge in [0.05, 0.1) is 0 Å². The van der Waals surface area contributed by atoms with Crippen LogP contribution in [-0.4, -0.2) is 4.98 Å². The molecule has 2 nitrogen and oxygen atoms in total. The summed E-state index contributed by atoms with van der Waals surface area (Å²) < 4.78 is 42.7. The predicted octanol–water partition coefficient (Wildman–Crippen LogP) is 4.59. The molecule has 2 aromatic rings. The van der Waals surface area contributed by atoms with Crippen LogP contribution in [0.5, 0.6) is 5.75 Å². The molecule has 0 spiro atoms. The highest BCUT2D eigenvalue weighted by molar-refractivity contribution is 7.89. The van der Waals surface area contributed by atoms with Crippen molar-refractivity contribution in [2.75, 3.05) is 0 Å². The predicted molar refractivity (Wildman–Crippen MR) is 63.9 cm³/mol. The number of hydrogen-bond acceptors (Lipinski definition) is 3. The number of nitrogens with zero attached hydrogens (tertiary/aromatic N) is 1. The summed E-state index contributed by atoms with van der Waals surface area (Å²) in [5.41, 5.74) is 0.368. The highest BCUT2D eigenvalue weighted by Crippen LogP contribution is 2.32. The molecule has 0 fully saturated rings. The van der Waals surface area contributed by atoms with Gasteiger partial charge in [0, 0.05) is 5.56 Å². The zero-order valence-corrected chi connectivity index (χ0v) is 10.2. The van der Waals surface area contributed by atoms with Gasteiger partial charge in [-0.3, -0.25) is 0 Å². The van der Waals surface area contributed by atoms with Crippen LogP contribution in [0.1, 0.15) is 0 Å². The summed E-state index contributed by atoms with van der Waals surface area (Å²) in [5, 5.41) is 0.131. The summed E-state index contributed by atoms with van der Waals surface area (Å²) in [7, 11) is 0. The second kappa shape index (κ2) is 5.49. The van der Waals surface area contributed by atoms with Crippen LogP contribution in [0.2, 0.25) is 5.15 Å². The molecule has 1 aromatic heterocycles. The summed E-state index contributed by atoms with van der Waals surface area (Å²) in [6, 6.07) is 5.96. The van der Waals surface area contributed by atoms with Crippen molar-refractivity contribution in [3.63, 3.8) is 0 Å². The normalized spacial score (nSPS) is 10.4. The van der Waals surface area contributed by atoms with Gasteiger partial charge in [-0.15, -0.1) is 3.89 Å². The summed E-state index contributed by atoms with van der Waals surface area (Å²) in [6.45, 7) is 0. The molecule has 7 heteroatoms. The lowest BCUT2D eigenvalue weighted by atomic mass is 10.1. The van der Waals surface area contributed by atoms with E-state index in [4.69, 9.17) is 11.6 Å². The number of pyridine rings is 1. The molecule has 94 valence electrons. The third-order valence-electron chi connectivity index (χ3n) is 2.14. The van der Waals surface area contributed by atoms with Crippen molar-refractivity contribution < 1.29 is 16.8 Å². The van der Waals surface area contributed by atoms with E-state index in [2.05, 4.69) is 9.17 Å². The third-order valence-corrected chi connectivity index (χ3v) is 2.59. The number of aromatic nitrogens is 1. The lowest BCUT2D eigenvalue weighted by molar-refractivity contribution is 0.509. The van der Waals surface area contributed by atoms with E-state index in [9.17, 15) is 12.7 Å². The fraction of sp³-hybridized carbons (Fsp3) is 0. The first-order valence-electron chi connectivity index (χ1n) is 4.69. The highest BCUT2D eigenvalue weighted by Gasteiger charge is 2.12. The molecule has 0 N–H and O–H groups in total. The number of benzene rings is 1. The molecule has 0 atom stereocenters. The molecule has 0 unspecified atom stereocenters. The minimum absolute atomic E-state index is 0.0675. The lowest BCUT2D eigenvalue weighted by Gasteiger charge is -2.07. The van der Waals surface area contributed by atoms with Crippen LogP contribution >= 0.6 is 24.0 Å². The minimum Gasteiger partial charge on any atom is -0.395 e. The average molecular weight is 292 g/mol. The van der Waals surface area contributed by atoms with Gasteiger partial charge in [-0.25, -0.2) is 13.8 Å². The van der Waals surface area contributed by atoms with Crippen molar-refractivity contribution >= 4 is 24.0 Å². The standard InChI is InChI=1S/C11H5ClF3NOS/c12-10-4-3-9(17-18-15)11(16-10)6-1-2-7(13)8(14)5-6/h1-5H. The number of halogens is 4. The SMILES string of the molecule is FSOc1ccc(Cl)nc1-c1ccc(F)c(F)c1. The fourth-order valence-electron chi connectivity index (χ4n) is 1.37. The number of rotatable bonds is 3. The lowest BCUT2D eigenvalue weighted by Crippen LogP contribution is -1.92. The van der Waals surface area contributed by atoms with Gasteiger partial charge in [0.1, 0.15) is 10.8 Å². The molecule has 2 rings (SSSR count). The molecule has 0 saturated heterocycles. The molecule has 0 aliphatic heterocycles. The Kier molecular flexibility index (Phi) is 3.98. The first-order chi connectivity index (χ1) is 8.61. The molecular formula is C11H5ClF3NOS.